The SMILES string of the molecule is CN(c1nc2ccccc2[nH]1)C1CCN(c2ccccc2Cl)C1=O. The normalized spacial score (nSPS) is 17.7. The van der Waals surface area contributed by atoms with Crippen LogP contribution in [0.1, 0.15) is 6.42 Å². The Kier molecular flexibility index (Phi) is 3.65. The molecule has 4 rings (SSSR count). The number of carbonyl (C=O) groups excluding carboxylic acids is 1. The Labute approximate surface area is 144 Å². The van der Waals surface area contributed by atoms with Crippen LogP contribution < -0.4 is 9.80 Å². The van der Waals surface area contributed by atoms with E-state index in [0.717, 1.165) is 23.1 Å². The molecule has 0 aliphatic carbocycles. The number of para-hydroxylation sites is 3. The highest BCUT2D eigenvalue weighted by atomic mass is 35.5. The molecular formula is C18H17ClN4O. The van der Waals surface area contributed by atoms with E-state index >= 15 is 0 Å². The van der Waals surface area contributed by atoms with Gasteiger partial charge in [0.05, 0.1) is 21.7 Å². The summed E-state index contributed by atoms with van der Waals surface area (Å²) in [5, 5.41) is 0.595. The van der Waals surface area contributed by atoms with Gasteiger partial charge in [-0.25, -0.2) is 4.98 Å². The summed E-state index contributed by atoms with van der Waals surface area (Å²) >= 11 is 6.24. The molecule has 5 nitrogen and oxygen atoms in total. The van der Waals surface area contributed by atoms with Crippen molar-refractivity contribution in [2.24, 2.45) is 0 Å². The number of fused-ring (bicyclic) bond motifs is 1. The van der Waals surface area contributed by atoms with E-state index in [1.54, 1.807) is 11.0 Å². The fraction of sp³-hybridized carbons (Fsp3) is 0.222. The standard InChI is InChI=1S/C18H17ClN4O/c1-22(18-20-13-7-3-4-8-14(13)21-18)16-10-11-23(17(16)24)15-9-5-2-6-12(15)19/h2-9,16H,10-11H2,1H3,(H,20,21). The number of hydrogen-bond acceptors (Lipinski definition) is 3. The Morgan fingerprint density at radius 1 is 1.21 bits per heavy atom. The molecule has 0 bridgehead atoms. The zero-order valence-corrected chi connectivity index (χ0v) is 14.0. The van der Waals surface area contributed by atoms with Crippen LogP contribution in [0, 0.1) is 0 Å². The van der Waals surface area contributed by atoms with Crippen LogP contribution in [0.15, 0.2) is 48.5 Å². The highest BCUT2D eigenvalue weighted by Crippen LogP contribution is 2.31. The highest BCUT2D eigenvalue weighted by molar-refractivity contribution is 6.34. The number of carbonyl (C=O) groups is 1. The average Bonchev–Trinajstić information content (AvgIpc) is 3.18. The number of halogens is 1. The molecule has 1 aliphatic heterocycles. The second kappa shape index (κ2) is 5.83. The molecule has 0 radical (unpaired) electrons. The van der Waals surface area contributed by atoms with E-state index in [-0.39, 0.29) is 11.9 Å². The first-order valence-corrected chi connectivity index (χ1v) is 8.26. The maximum Gasteiger partial charge on any atom is 0.249 e. The van der Waals surface area contributed by atoms with Gasteiger partial charge < -0.3 is 14.8 Å². The lowest BCUT2D eigenvalue weighted by molar-refractivity contribution is -0.118. The van der Waals surface area contributed by atoms with E-state index in [4.69, 9.17) is 11.6 Å². The predicted molar refractivity (Wildman–Crippen MR) is 96.7 cm³/mol. The Balaban J connectivity index is 1.61. The highest BCUT2D eigenvalue weighted by Gasteiger charge is 2.37. The summed E-state index contributed by atoms with van der Waals surface area (Å²) < 4.78 is 0. The average molecular weight is 341 g/mol. The molecule has 1 atom stereocenters. The third-order valence-electron chi connectivity index (χ3n) is 4.50. The lowest BCUT2D eigenvalue weighted by Crippen LogP contribution is -2.40. The lowest BCUT2D eigenvalue weighted by Gasteiger charge is -2.23. The van der Waals surface area contributed by atoms with Crippen LogP contribution in [0.3, 0.4) is 0 Å². The zero-order valence-electron chi connectivity index (χ0n) is 13.2. The Morgan fingerprint density at radius 2 is 1.96 bits per heavy atom. The summed E-state index contributed by atoms with van der Waals surface area (Å²) in [4.78, 5) is 24.4. The molecule has 2 aromatic carbocycles. The van der Waals surface area contributed by atoms with Gasteiger partial charge >= 0.3 is 0 Å². The number of aromatic nitrogens is 2. The largest absolute Gasteiger partial charge is 0.333 e. The number of anilines is 2. The number of likely N-dealkylation sites (N-methyl/N-ethyl adjacent to an activating group) is 1. The molecular weight excluding hydrogens is 324 g/mol. The molecule has 24 heavy (non-hydrogen) atoms. The monoisotopic (exact) mass is 340 g/mol. The van der Waals surface area contributed by atoms with Crippen LogP contribution in [0.4, 0.5) is 11.6 Å². The number of nitrogens with one attached hydrogen (secondary N) is 1. The van der Waals surface area contributed by atoms with Gasteiger partial charge in [0.1, 0.15) is 6.04 Å². The Bertz CT molecular complexity index is 874. The van der Waals surface area contributed by atoms with E-state index in [1.165, 1.54) is 0 Å². The van der Waals surface area contributed by atoms with Gasteiger partial charge in [-0.15, -0.1) is 0 Å². The van der Waals surface area contributed by atoms with Crippen LogP contribution in [-0.4, -0.2) is 35.5 Å². The van der Waals surface area contributed by atoms with Crippen molar-refractivity contribution >= 4 is 40.2 Å². The minimum atomic E-state index is -0.248. The first kappa shape index (κ1) is 15.0. The van der Waals surface area contributed by atoms with Crippen molar-refractivity contribution in [1.29, 1.82) is 0 Å². The lowest BCUT2D eigenvalue weighted by atomic mass is 10.2. The van der Waals surface area contributed by atoms with Crippen LogP contribution in [0.2, 0.25) is 5.02 Å². The number of H-pyrrole nitrogens is 1. The quantitative estimate of drug-likeness (QED) is 0.794. The van der Waals surface area contributed by atoms with E-state index in [1.807, 2.05) is 54.4 Å². The van der Waals surface area contributed by atoms with E-state index in [0.29, 0.717) is 17.5 Å². The maximum absolute atomic E-state index is 12.9. The van der Waals surface area contributed by atoms with Gasteiger partial charge in [0.15, 0.2) is 0 Å². The first-order valence-electron chi connectivity index (χ1n) is 7.88. The molecule has 1 fully saturated rings. The maximum atomic E-state index is 12.9. The molecule has 6 heteroatoms. The number of nitrogens with zero attached hydrogens (tertiary/aromatic N) is 3. The molecule has 3 aromatic rings. The predicted octanol–water partition coefficient (Wildman–Crippen LogP) is 3.46. The summed E-state index contributed by atoms with van der Waals surface area (Å²) in [6, 6.07) is 15.0. The summed E-state index contributed by atoms with van der Waals surface area (Å²) in [5.74, 6) is 0.751. The minimum Gasteiger partial charge on any atom is -0.333 e. The number of amides is 1. The fourth-order valence-electron chi connectivity index (χ4n) is 3.19. The van der Waals surface area contributed by atoms with E-state index in [2.05, 4.69) is 9.97 Å². The smallest absolute Gasteiger partial charge is 0.249 e. The van der Waals surface area contributed by atoms with Crippen molar-refractivity contribution in [3.8, 4) is 0 Å². The van der Waals surface area contributed by atoms with Gasteiger partial charge in [-0.05, 0) is 30.7 Å². The topological polar surface area (TPSA) is 52.2 Å². The summed E-state index contributed by atoms with van der Waals surface area (Å²) in [6.07, 6.45) is 0.734. The number of aromatic amines is 1. The van der Waals surface area contributed by atoms with Gasteiger partial charge in [-0.3, -0.25) is 4.79 Å². The fourth-order valence-corrected chi connectivity index (χ4v) is 3.43. The van der Waals surface area contributed by atoms with Crippen molar-refractivity contribution in [1.82, 2.24) is 9.97 Å². The number of hydrogen-bond donors (Lipinski definition) is 1. The van der Waals surface area contributed by atoms with Gasteiger partial charge in [0, 0.05) is 13.6 Å². The van der Waals surface area contributed by atoms with Gasteiger partial charge in [-0.2, -0.15) is 0 Å². The Morgan fingerprint density at radius 3 is 2.75 bits per heavy atom. The molecule has 0 saturated carbocycles. The Hall–Kier alpha value is -2.53. The van der Waals surface area contributed by atoms with E-state index < -0.39 is 0 Å². The summed E-state index contributed by atoms with van der Waals surface area (Å²) in [5.41, 5.74) is 2.63. The molecule has 1 aromatic heterocycles. The van der Waals surface area contributed by atoms with Crippen LogP contribution in [-0.2, 0) is 4.79 Å². The second-order valence-electron chi connectivity index (χ2n) is 5.93. The van der Waals surface area contributed by atoms with Gasteiger partial charge in [-0.1, -0.05) is 35.9 Å². The van der Waals surface area contributed by atoms with Crippen LogP contribution in [0.5, 0.6) is 0 Å². The molecule has 1 aliphatic rings. The number of benzene rings is 2. The molecule has 0 spiro atoms. The number of rotatable bonds is 3. The zero-order chi connectivity index (χ0) is 16.7. The summed E-state index contributed by atoms with van der Waals surface area (Å²) in [7, 11) is 1.90. The van der Waals surface area contributed by atoms with Gasteiger partial charge in [0.2, 0.25) is 11.9 Å². The third-order valence-corrected chi connectivity index (χ3v) is 4.82. The van der Waals surface area contributed by atoms with Crippen LogP contribution in [0.25, 0.3) is 11.0 Å². The van der Waals surface area contributed by atoms with Gasteiger partial charge in [0.25, 0.3) is 0 Å². The number of imidazole rings is 1. The van der Waals surface area contributed by atoms with Crippen LogP contribution >= 0.6 is 11.6 Å². The molecule has 122 valence electrons. The van der Waals surface area contributed by atoms with Crippen molar-refractivity contribution in [2.45, 2.75) is 12.5 Å². The molecule has 1 amide bonds. The molecule has 2 heterocycles. The summed E-state index contributed by atoms with van der Waals surface area (Å²) in [6.45, 7) is 0.651. The first-order chi connectivity index (χ1) is 11.6. The molecule has 1 unspecified atom stereocenters. The molecule has 1 saturated heterocycles. The third kappa shape index (κ3) is 2.41. The van der Waals surface area contributed by atoms with Crippen molar-refractivity contribution in [3.63, 3.8) is 0 Å². The van der Waals surface area contributed by atoms with Crippen molar-refractivity contribution < 1.29 is 4.79 Å². The van der Waals surface area contributed by atoms with Crippen molar-refractivity contribution in [3.05, 3.63) is 53.6 Å². The second-order valence-corrected chi connectivity index (χ2v) is 6.34. The van der Waals surface area contributed by atoms with Crippen molar-refractivity contribution in [2.75, 3.05) is 23.4 Å². The molecule has 1 N–H and O–H groups in total. The minimum absolute atomic E-state index is 0.0473. The van der Waals surface area contributed by atoms with E-state index in [9.17, 15) is 4.79 Å².